The molecule has 1 amide bonds. The third kappa shape index (κ3) is 7.42. The molecule has 1 saturated heterocycles. The lowest BCUT2D eigenvalue weighted by atomic mass is 10.0. The fourth-order valence-electron chi connectivity index (χ4n) is 5.72. The smallest absolute Gasteiger partial charge is 0.410 e. The number of rotatable bonds is 9. The number of esters is 1. The molecule has 10 nitrogen and oxygen atoms in total. The van der Waals surface area contributed by atoms with E-state index in [4.69, 9.17) is 24.5 Å². The molecule has 1 aliphatic rings. The van der Waals surface area contributed by atoms with Crippen molar-refractivity contribution >= 4 is 23.1 Å². The van der Waals surface area contributed by atoms with E-state index in [2.05, 4.69) is 4.98 Å². The SMILES string of the molecule is COC(=O)c1ccc2nc(Cc3ccc(-c4cccc(OCc5ccc(C#N)cc5F)n4)cc3F)n(C[C@@H]3CCN3C(=O)OC(C)(C)C)c2c1. The van der Waals surface area contributed by atoms with Crippen molar-refractivity contribution in [1.82, 2.24) is 19.4 Å². The van der Waals surface area contributed by atoms with E-state index in [9.17, 15) is 14.0 Å². The van der Waals surface area contributed by atoms with Crippen molar-refractivity contribution in [3.8, 4) is 23.2 Å². The number of likely N-dealkylation sites (tertiary alicyclic amines) is 1. The highest BCUT2D eigenvalue weighted by Crippen LogP contribution is 2.29. The Bertz CT molecular complexity index is 2130. The van der Waals surface area contributed by atoms with Crippen LogP contribution in [-0.4, -0.2) is 56.8 Å². The largest absolute Gasteiger partial charge is 0.473 e. The average molecular weight is 680 g/mol. The molecule has 0 aliphatic carbocycles. The van der Waals surface area contributed by atoms with Crippen LogP contribution in [0.2, 0.25) is 0 Å². The Balaban J connectivity index is 1.24. The van der Waals surface area contributed by atoms with E-state index in [1.54, 1.807) is 53.4 Å². The molecule has 0 N–H and O–H groups in total. The number of carbonyl (C=O) groups excluding carboxylic acids is 2. The van der Waals surface area contributed by atoms with E-state index in [1.165, 1.54) is 25.3 Å². The number of amides is 1. The molecule has 12 heteroatoms. The number of ether oxygens (including phenoxy) is 3. The number of hydrogen-bond acceptors (Lipinski definition) is 8. The maximum absolute atomic E-state index is 15.8. The second kappa shape index (κ2) is 14.0. The van der Waals surface area contributed by atoms with Crippen LogP contribution in [-0.2, 0) is 29.0 Å². The molecule has 0 spiro atoms. The van der Waals surface area contributed by atoms with Crippen LogP contribution in [0.25, 0.3) is 22.3 Å². The first-order valence-corrected chi connectivity index (χ1v) is 16.1. The van der Waals surface area contributed by atoms with Crippen LogP contribution in [0.5, 0.6) is 5.88 Å². The summed E-state index contributed by atoms with van der Waals surface area (Å²) in [4.78, 5) is 36.2. The van der Waals surface area contributed by atoms with Gasteiger partial charge in [-0.2, -0.15) is 5.26 Å². The summed E-state index contributed by atoms with van der Waals surface area (Å²) in [5, 5.41) is 8.96. The zero-order valence-electron chi connectivity index (χ0n) is 28.1. The molecule has 2 aromatic heterocycles. The minimum atomic E-state index is -0.640. The number of nitriles is 1. The normalized spacial score (nSPS) is 14.2. The van der Waals surface area contributed by atoms with Crippen LogP contribution < -0.4 is 4.74 Å². The molecular formula is C38H35F2N5O5. The summed E-state index contributed by atoms with van der Waals surface area (Å²) in [7, 11) is 1.31. The third-order valence-electron chi connectivity index (χ3n) is 8.39. The van der Waals surface area contributed by atoms with Gasteiger partial charge < -0.3 is 23.7 Å². The van der Waals surface area contributed by atoms with Crippen LogP contribution >= 0.6 is 0 Å². The third-order valence-corrected chi connectivity index (χ3v) is 8.39. The van der Waals surface area contributed by atoms with Crippen molar-refractivity contribution in [3.63, 3.8) is 0 Å². The summed E-state index contributed by atoms with van der Waals surface area (Å²) in [6.45, 7) is 6.28. The molecule has 1 atom stereocenters. The van der Waals surface area contributed by atoms with E-state index in [0.29, 0.717) is 52.3 Å². The van der Waals surface area contributed by atoms with Gasteiger partial charge in [-0.15, -0.1) is 0 Å². The van der Waals surface area contributed by atoms with Gasteiger partial charge in [0.25, 0.3) is 0 Å². The van der Waals surface area contributed by atoms with Gasteiger partial charge in [0.2, 0.25) is 5.88 Å². The molecule has 3 aromatic carbocycles. The van der Waals surface area contributed by atoms with Crippen molar-refractivity contribution in [3.05, 3.63) is 113 Å². The van der Waals surface area contributed by atoms with Crippen LogP contribution in [0.1, 0.15) is 60.1 Å². The summed E-state index contributed by atoms with van der Waals surface area (Å²) in [5.74, 6) is -0.724. The number of imidazole rings is 1. The van der Waals surface area contributed by atoms with Crippen LogP contribution in [0.3, 0.4) is 0 Å². The summed E-state index contributed by atoms with van der Waals surface area (Å²) >= 11 is 0. The van der Waals surface area contributed by atoms with E-state index in [1.807, 2.05) is 31.4 Å². The van der Waals surface area contributed by atoms with Gasteiger partial charge in [-0.25, -0.2) is 28.3 Å². The van der Waals surface area contributed by atoms with E-state index in [0.717, 1.165) is 12.5 Å². The van der Waals surface area contributed by atoms with Crippen LogP contribution in [0.4, 0.5) is 13.6 Å². The van der Waals surface area contributed by atoms with Gasteiger partial charge in [-0.3, -0.25) is 0 Å². The first kappa shape index (κ1) is 34.0. The molecule has 1 aliphatic heterocycles. The molecule has 6 rings (SSSR count). The molecule has 1 fully saturated rings. The van der Waals surface area contributed by atoms with Gasteiger partial charge in [0.05, 0.1) is 47.1 Å². The van der Waals surface area contributed by atoms with Crippen molar-refractivity contribution in [2.75, 3.05) is 13.7 Å². The number of pyridine rings is 1. The molecule has 0 bridgehead atoms. The Morgan fingerprint density at radius 2 is 1.76 bits per heavy atom. The maximum atomic E-state index is 15.8. The Labute approximate surface area is 287 Å². The van der Waals surface area contributed by atoms with Gasteiger partial charge in [-0.05, 0) is 75.2 Å². The average Bonchev–Trinajstić information content (AvgIpc) is 3.41. The van der Waals surface area contributed by atoms with Gasteiger partial charge in [-0.1, -0.05) is 24.3 Å². The summed E-state index contributed by atoms with van der Waals surface area (Å²) in [6.07, 6.45) is 0.484. The van der Waals surface area contributed by atoms with E-state index in [-0.39, 0.29) is 36.1 Å². The van der Waals surface area contributed by atoms with Gasteiger partial charge in [0.15, 0.2) is 0 Å². The minimum absolute atomic E-state index is 0.0974. The first-order valence-electron chi connectivity index (χ1n) is 16.1. The summed E-state index contributed by atoms with van der Waals surface area (Å²) < 4.78 is 48.3. The number of carbonyl (C=O) groups is 2. The van der Waals surface area contributed by atoms with E-state index < -0.39 is 29.3 Å². The number of fused-ring (bicyclic) bond motifs is 1. The zero-order valence-corrected chi connectivity index (χ0v) is 28.1. The highest BCUT2D eigenvalue weighted by atomic mass is 19.1. The van der Waals surface area contributed by atoms with Crippen molar-refractivity contribution < 1.29 is 32.6 Å². The number of halogens is 2. The lowest BCUT2D eigenvalue weighted by Gasteiger charge is -2.41. The molecule has 5 aromatic rings. The molecule has 0 radical (unpaired) electrons. The number of methoxy groups -OCH3 is 1. The fourth-order valence-corrected chi connectivity index (χ4v) is 5.72. The van der Waals surface area contributed by atoms with Crippen molar-refractivity contribution in [2.24, 2.45) is 0 Å². The number of hydrogen-bond donors (Lipinski definition) is 0. The topological polar surface area (TPSA) is 120 Å². The van der Waals surface area contributed by atoms with Crippen LogP contribution in [0, 0.1) is 23.0 Å². The quantitative estimate of drug-likeness (QED) is 0.150. The zero-order chi connectivity index (χ0) is 35.6. The Morgan fingerprint density at radius 1 is 0.980 bits per heavy atom. The van der Waals surface area contributed by atoms with Crippen molar-refractivity contribution in [1.29, 1.82) is 5.26 Å². The fraction of sp³-hybridized carbons (Fsp3) is 0.289. The van der Waals surface area contributed by atoms with Crippen molar-refractivity contribution in [2.45, 2.75) is 58.4 Å². The number of aromatic nitrogens is 3. The highest BCUT2D eigenvalue weighted by molar-refractivity contribution is 5.93. The lowest BCUT2D eigenvalue weighted by Crippen LogP contribution is -2.54. The summed E-state index contributed by atoms with van der Waals surface area (Å²) in [5.41, 5.74) is 2.84. The predicted molar refractivity (Wildman–Crippen MR) is 180 cm³/mol. The lowest BCUT2D eigenvalue weighted by molar-refractivity contribution is -0.00818. The minimum Gasteiger partial charge on any atom is -0.473 e. The second-order valence-corrected chi connectivity index (χ2v) is 13.0. The second-order valence-electron chi connectivity index (χ2n) is 13.0. The Kier molecular flexibility index (Phi) is 9.50. The number of benzene rings is 3. The molecular weight excluding hydrogens is 644 g/mol. The van der Waals surface area contributed by atoms with E-state index >= 15 is 4.39 Å². The molecule has 0 saturated carbocycles. The van der Waals surface area contributed by atoms with Gasteiger partial charge >= 0.3 is 12.1 Å². The predicted octanol–water partition coefficient (Wildman–Crippen LogP) is 7.21. The first-order chi connectivity index (χ1) is 23.9. The number of nitrogens with zero attached hydrogens (tertiary/aromatic N) is 5. The molecule has 0 unspecified atom stereocenters. The highest BCUT2D eigenvalue weighted by Gasteiger charge is 2.36. The van der Waals surface area contributed by atoms with Crippen LogP contribution in [0.15, 0.2) is 72.8 Å². The molecule has 256 valence electrons. The van der Waals surface area contributed by atoms with Gasteiger partial charge in [0, 0.05) is 36.7 Å². The summed E-state index contributed by atoms with van der Waals surface area (Å²) in [6, 6.07) is 20.8. The van der Waals surface area contributed by atoms with Gasteiger partial charge in [0.1, 0.15) is 29.7 Å². The standard InChI is InChI=1S/C38H35F2N5O5/c1-38(2,3)50-37(47)44-15-14-28(44)21-45-33-18-26(36(46)48-4)12-13-32(33)42-34(45)19-24-10-11-25(17-30(24)40)31-6-5-7-35(43-31)49-22-27-9-8-23(20-41)16-29(27)39/h5-13,16-18,28H,14-15,19,21-22H2,1-4H3/t28-/m0/s1. The molecule has 50 heavy (non-hydrogen) atoms. The monoisotopic (exact) mass is 679 g/mol. The molecule has 3 heterocycles. The Hall–Kier alpha value is -5.83. The maximum Gasteiger partial charge on any atom is 0.410 e. The Morgan fingerprint density at radius 3 is 2.44 bits per heavy atom.